The minimum Gasteiger partial charge on any atom is -0.481 e. The van der Waals surface area contributed by atoms with E-state index in [1.165, 1.54) is 6.07 Å². The van der Waals surface area contributed by atoms with Gasteiger partial charge >= 0.3 is 12.1 Å². The van der Waals surface area contributed by atoms with Gasteiger partial charge in [0.15, 0.2) is 0 Å². The Kier molecular flexibility index (Phi) is 5.77. The van der Waals surface area contributed by atoms with Crippen LogP contribution in [0.2, 0.25) is 5.02 Å². The molecule has 0 radical (unpaired) electrons. The first kappa shape index (κ1) is 19.7. The molecule has 0 spiro atoms. The van der Waals surface area contributed by atoms with Gasteiger partial charge in [-0.25, -0.2) is 0 Å². The van der Waals surface area contributed by atoms with Gasteiger partial charge in [-0.1, -0.05) is 35.9 Å². The van der Waals surface area contributed by atoms with E-state index >= 15 is 0 Å². The minimum absolute atomic E-state index is 0.291. The van der Waals surface area contributed by atoms with E-state index in [-0.39, 0.29) is 0 Å². The van der Waals surface area contributed by atoms with Gasteiger partial charge in [-0.3, -0.25) is 9.69 Å². The van der Waals surface area contributed by atoms with Crippen LogP contribution in [-0.2, 0) is 11.0 Å². The Labute approximate surface area is 160 Å². The zero-order chi connectivity index (χ0) is 19.6. The van der Waals surface area contributed by atoms with Crippen molar-refractivity contribution in [1.82, 2.24) is 4.90 Å². The van der Waals surface area contributed by atoms with Crippen LogP contribution in [0.4, 0.5) is 13.2 Å². The number of likely N-dealkylation sites (tertiary alicyclic amines) is 1. The van der Waals surface area contributed by atoms with Crippen LogP contribution < -0.4 is 0 Å². The molecule has 1 fully saturated rings. The van der Waals surface area contributed by atoms with Gasteiger partial charge in [0.1, 0.15) is 0 Å². The standard InChI is InChI=1S/C20H19ClF3NO2/c21-17-8-6-13(7-9-17)18(25-10-2-4-15(12-25)19(26)27)14-3-1-5-16(11-14)20(22,23)24/h1,3,5-9,11,15,18H,2,4,10,12H2,(H,26,27). The summed E-state index contributed by atoms with van der Waals surface area (Å²) >= 11 is 5.96. The summed E-state index contributed by atoms with van der Waals surface area (Å²) in [7, 11) is 0. The highest BCUT2D eigenvalue weighted by Gasteiger charge is 2.34. The van der Waals surface area contributed by atoms with Crippen LogP contribution >= 0.6 is 11.6 Å². The van der Waals surface area contributed by atoms with Crippen molar-refractivity contribution in [1.29, 1.82) is 0 Å². The molecule has 1 aliphatic rings. The topological polar surface area (TPSA) is 40.5 Å². The van der Waals surface area contributed by atoms with E-state index in [4.69, 9.17) is 11.6 Å². The molecule has 1 N–H and O–H groups in total. The molecular weight excluding hydrogens is 379 g/mol. The van der Waals surface area contributed by atoms with E-state index in [1.807, 2.05) is 4.90 Å². The summed E-state index contributed by atoms with van der Waals surface area (Å²) in [4.78, 5) is 13.4. The Balaban J connectivity index is 2.03. The normalized spacial score (nSPS) is 19.6. The molecule has 2 aromatic carbocycles. The summed E-state index contributed by atoms with van der Waals surface area (Å²) in [6.45, 7) is 0.909. The predicted molar refractivity (Wildman–Crippen MR) is 96.7 cm³/mol. The molecule has 2 aromatic rings. The van der Waals surface area contributed by atoms with E-state index in [2.05, 4.69) is 0 Å². The number of nitrogens with zero attached hydrogens (tertiary/aromatic N) is 1. The zero-order valence-corrected chi connectivity index (χ0v) is 15.2. The highest BCUT2D eigenvalue weighted by atomic mass is 35.5. The van der Waals surface area contributed by atoms with Crippen LogP contribution in [0.15, 0.2) is 48.5 Å². The molecule has 1 aliphatic heterocycles. The number of hydrogen-bond donors (Lipinski definition) is 1. The Bertz CT molecular complexity index is 808. The first-order valence-corrected chi connectivity index (χ1v) is 9.03. The van der Waals surface area contributed by atoms with E-state index in [0.29, 0.717) is 36.5 Å². The molecule has 0 bridgehead atoms. The molecule has 27 heavy (non-hydrogen) atoms. The zero-order valence-electron chi connectivity index (χ0n) is 14.4. The molecule has 3 rings (SSSR count). The number of piperidine rings is 1. The molecule has 3 nitrogen and oxygen atoms in total. The van der Waals surface area contributed by atoms with Crippen molar-refractivity contribution < 1.29 is 23.1 Å². The van der Waals surface area contributed by atoms with Crippen molar-refractivity contribution in [2.24, 2.45) is 5.92 Å². The molecule has 0 saturated carbocycles. The highest BCUT2D eigenvalue weighted by Crippen LogP contribution is 2.36. The first-order chi connectivity index (χ1) is 12.8. The SMILES string of the molecule is O=C(O)C1CCCN(C(c2ccc(Cl)cc2)c2cccc(C(F)(F)F)c2)C1. The molecule has 0 amide bonds. The number of carboxylic acid groups (broad SMARTS) is 1. The van der Waals surface area contributed by atoms with E-state index in [0.717, 1.165) is 17.7 Å². The summed E-state index contributed by atoms with van der Waals surface area (Å²) in [6.07, 6.45) is -3.19. The van der Waals surface area contributed by atoms with Gasteiger partial charge in [0.25, 0.3) is 0 Å². The second-order valence-electron chi connectivity index (χ2n) is 6.75. The van der Waals surface area contributed by atoms with Gasteiger partial charge < -0.3 is 5.11 Å². The first-order valence-electron chi connectivity index (χ1n) is 8.65. The third-order valence-electron chi connectivity index (χ3n) is 4.88. The van der Waals surface area contributed by atoms with Gasteiger partial charge in [-0.15, -0.1) is 0 Å². The van der Waals surface area contributed by atoms with Crippen molar-refractivity contribution in [2.45, 2.75) is 25.1 Å². The Morgan fingerprint density at radius 2 is 1.85 bits per heavy atom. The maximum Gasteiger partial charge on any atom is 0.416 e. The minimum atomic E-state index is -4.44. The van der Waals surface area contributed by atoms with Crippen LogP contribution in [0.25, 0.3) is 0 Å². The average Bonchev–Trinajstić information content (AvgIpc) is 2.63. The third-order valence-corrected chi connectivity index (χ3v) is 5.13. The van der Waals surface area contributed by atoms with Crippen molar-refractivity contribution in [3.63, 3.8) is 0 Å². The smallest absolute Gasteiger partial charge is 0.416 e. The number of carbonyl (C=O) groups is 1. The van der Waals surface area contributed by atoms with Gasteiger partial charge in [0, 0.05) is 11.6 Å². The van der Waals surface area contributed by atoms with Gasteiger partial charge in [-0.2, -0.15) is 13.2 Å². The van der Waals surface area contributed by atoms with Gasteiger partial charge in [0.05, 0.1) is 17.5 Å². The van der Waals surface area contributed by atoms with Crippen molar-refractivity contribution in [3.05, 3.63) is 70.2 Å². The average molecular weight is 398 g/mol. The monoisotopic (exact) mass is 397 g/mol. The second kappa shape index (κ2) is 7.90. The summed E-state index contributed by atoms with van der Waals surface area (Å²) in [5.74, 6) is -1.40. The lowest BCUT2D eigenvalue weighted by atomic mass is 9.91. The van der Waals surface area contributed by atoms with Crippen molar-refractivity contribution >= 4 is 17.6 Å². The summed E-state index contributed by atoms with van der Waals surface area (Å²) in [6, 6.07) is 11.7. The van der Waals surface area contributed by atoms with Crippen LogP contribution in [0.1, 0.15) is 35.6 Å². The number of hydrogen-bond acceptors (Lipinski definition) is 2. The van der Waals surface area contributed by atoms with E-state index < -0.39 is 29.7 Å². The number of benzene rings is 2. The lowest BCUT2D eigenvalue weighted by molar-refractivity contribution is -0.143. The highest BCUT2D eigenvalue weighted by molar-refractivity contribution is 6.30. The predicted octanol–water partition coefficient (Wildman–Crippen LogP) is 5.24. The maximum atomic E-state index is 13.2. The Morgan fingerprint density at radius 3 is 2.48 bits per heavy atom. The fourth-order valence-electron chi connectivity index (χ4n) is 3.59. The van der Waals surface area contributed by atoms with Crippen molar-refractivity contribution in [3.8, 4) is 0 Å². The van der Waals surface area contributed by atoms with Crippen LogP contribution in [-0.4, -0.2) is 29.1 Å². The molecule has 0 aliphatic carbocycles. The summed E-state index contributed by atoms with van der Waals surface area (Å²) < 4.78 is 39.6. The number of halogens is 4. The van der Waals surface area contributed by atoms with Crippen LogP contribution in [0, 0.1) is 5.92 Å². The maximum absolute atomic E-state index is 13.2. The quantitative estimate of drug-likeness (QED) is 0.766. The number of carboxylic acids is 1. The van der Waals surface area contributed by atoms with E-state index in [1.54, 1.807) is 30.3 Å². The molecule has 144 valence electrons. The Morgan fingerprint density at radius 1 is 1.15 bits per heavy atom. The van der Waals surface area contributed by atoms with Crippen LogP contribution in [0.3, 0.4) is 0 Å². The lowest BCUT2D eigenvalue weighted by Gasteiger charge is -2.37. The molecule has 2 atom stereocenters. The molecule has 7 heteroatoms. The van der Waals surface area contributed by atoms with Gasteiger partial charge in [-0.05, 0) is 54.8 Å². The van der Waals surface area contributed by atoms with E-state index in [9.17, 15) is 23.1 Å². The van der Waals surface area contributed by atoms with Gasteiger partial charge in [0.2, 0.25) is 0 Å². The largest absolute Gasteiger partial charge is 0.481 e. The fraction of sp³-hybridized carbons (Fsp3) is 0.350. The molecular formula is C20H19ClF3NO2. The molecule has 1 heterocycles. The summed E-state index contributed by atoms with van der Waals surface area (Å²) in [5, 5.41) is 9.90. The van der Waals surface area contributed by atoms with Crippen molar-refractivity contribution in [2.75, 3.05) is 13.1 Å². The number of aliphatic carboxylic acids is 1. The molecule has 2 unspecified atom stereocenters. The summed E-state index contributed by atoms with van der Waals surface area (Å²) in [5.41, 5.74) is 0.550. The number of alkyl halides is 3. The lowest BCUT2D eigenvalue weighted by Crippen LogP contribution is -2.41. The molecule has 1 saturated heterocycles. The fourth-order valence-corrected chi connectivity index (χ4v) is 3.71. The molecule has 0 aromatic heterocycles. The Hall–Kier alpha value is -2.05. The van der Waals surface area contributed by atoms with Crippen LogP contribution in [0.5, 0.6) is 0 Å². The second-order valence-corrected chi connectivity index (χ2v) is 7.19. The third kappa shape index (κ3) is 4.62. The number of rotatable bonds is 4.